The fraction of sp³-hybridized carbons (Fsp3) is 0.500. The minimum atomic E-state index is -0.924. The van der Waals surface area contributed by atoms with Gasteiger partial charge >= 0.3 is 5.97 Å². The average molecular weight is 335 g/mol. The van der Waals surface area contributed by atoms with Crippen LogP contribution < -0.4 is 5.32 Å². The van der Waals surface area contributed by atoms with Crippen LogP contribution in [0.1, 0.15) is 39.0 Å². The van der Waals surface area contributed by atoms with E-state index in [9.17, 15) is 14.7 Å². The van der Waals surface area contributed by atoms with Crippen LogP contribution >= 0.6 is 0 Å². The predicted octanol–water partition coefficient (Wildman–Crippen LogP) is 2.27. The first kappa shape index (κ1) is 17.7. The van der Waals surface area contributed by atoms with Gasteiger partial charge in [-0.2, -0.15) is 4.98 Å². The molecule has 8 heteroatoms. The summed E-state index contributed by atoms with van der Waals surface area (Å²) in [6.45, 7) is 3.71. The summed E-state index contributed by atoms with van der Waals surface area (Å²) in [5.41, 5.74) is -0.924. The van der Waals surface area contributed by atoms with Crippen LogP contribution in [-0.2, 0) is 16.0 Å². The highest BCUT2D eigenvalue weighted by atomic mass is 16.5. The van der Waals surface area contributed by atoms with Crippen molar-refractivity contribution in [2.75, 3.05) is 6.54 Å². The Morgan fingerprint density at radius 3 is 2.67 bits per heavy atom. The number of carboxylic acids is 1. The quantitative estimate of drug-likeness (QED) is 0.721. The number of carbonyl (C=O) groups is 2. The lowest BCUT2D eigenvalue weighted by molar-refractivity contribution is -0.149. The topological polar surface area (TPSA) is 118 Å². The van der Waals surface area contributed by atoms with E-state index in [1.165, 1.54) is 6.26 Å². The second kappa shape index (κ2) is 7.76. The third-order valence-electron chi connectivity index (χ3n) is 4.21. The number of amides is 1. The zero-order chi connectivity index (χ0) is 17.6. The first-order chi connectivity index (χ1) is 11.5. The number of hydrogen-bond acceptors (Lipinski definition) is 6. The van der Waals surface area contributed by atoms with Crippen molar-refractivity contribution in [1.82, 2.24) is 15.5 Å². The summed E-state index contributed by atoms with van der Waals surface area (Å²) in [4.78, 5) is 27.5. The second-order valence-electron chi connectivity index (χ2n) is 5.56. The molecule has 0 bridgehead atoms. The number of furan rings is 1. The number of aliphatic carboxylic acids is 1. The van der Waals surface area contributed by atoms with Crippen LogP contribution in [0.3, 0.4) is 0 Å². The molecule has 0 aliphatic heterocycles. The lowest BCUT2D eigenvalue weighted by atomic mass is 9.82. The Morgan fingerprint density at radius 1 is 1.33 bits per heavy atom. The number of carboxylic acid groups (broad SMARTS) is 1. The van der Waals surface area contributed by atoms with Gasteiger partial charge in [0.25, 0.3) is 0 Å². The van der Waals surface area contributed by atoms with Crippen molar-refractivity contribution >= 4 is 11.9 Å². The average Bonchev–Trinajstić information content (AvgIpc) is 3.25. The number of nitrogens with zero attached hydrogens (tertiary/aromatic N) is 2. The Bertz CT molecular complexity index is 674. The highest BCUT2D eigenvalue weighted by Gasteiger charge is 2.35. The maximum Gasteiger partial charge on any atom is 0.311 e. The molecule has 0 aromatic carbocycles. The molecule has 0 unspecified atom stereocenters. The summed E-state index contributed by atoms with van der Waals surface area (Å²) >= 11 is 0. The Hall–Kier alpha value is -2.64. The summed E-state index contributed by atoms with van der Waals surface area (Å²) in [7, 11) is 0. The van der Waals surface area contributed by atoms with Gasteiger partial charge in [-0.15, -0.1) is 0 Å². The van der Waals surface area contributed by atoms with Crippen LogP contribution in [0.5, 0.6) is 0 Å². The van der Waals surface area contributed by atoms with Crippen LogP contribution in [0.4, 0.5) is 0 Å². The molecule has 1 amide bonds. The molecule has 8 nitrogen and oxygen atoms in total. The number of nitrogens with one attached hydrogen (secondary N) is 1. The summed E-state index contributed by atoms with van der Waals surface area (Å²) in [6, 6.07) is 3.43. The fourth-order valence-corrected chi connectivity index (χ4v) is 2.32. The molecule has 0 saturated carbocycles. The van der Waals surface area contributed by atoms with Gasteiger partial charge in [-0.25, -0.2) is 0 Å². The molecule has 2 N–H and O–H groups in total. The van der Waals surface area contributed by atoms with E-state index in [2.05, 4.69) is 15.5 Å². The van der Waals surface area contributed by atoms with Crippen LogP contribution in [0.15, 0.2) is 27.3 Å². The maximum absolute atomic E-state index is 11.9. The molecule has 2 heterocycles. The Labute approximate surface area is 139 Å². The summed E-state index contributed by atoms with van der Waals surface area (Å²) in [5.74, 6) is 0.00366. The van der Waals surface area contributed by atoms with E-state index in [0.717, 1.165) is 0 Å². The van der Waals surface area contributed by atoms with Crippen LogP contribution in [0.25, 0.3) is 11.6 Å². The third-order valence-corrected chi connectivity index (χ3v) is 4.21. The predicted molar refractivity (Wildman–Crippen MR) is 84.0 cm³/mol. The van der Waals surface area contributed by atoms with E-state index in [1.807, 2.05) is 0 Å². The lowest BCUT2D eigenvalue weighted by Crippen LogP contribution is -2.42. The highest BCUT2D eigenvalue weighted by molar-refractivity contribution is 5.79. The minimum absolute atomic E-state index is 0.107. The summed E-state index contributed by atoms with van der Waals surface area (Å²) < 4.78 is 10.2. The van der Waals surface area contributed by atoms with Crippen molar-refractivity contribution in [3.05, 3.63) is 24.3 Å². The number of hydrogen-bond donors (Lipinski definition) is 2. The largest absolute Gasteiger partial charge is 0.481 e. The second-order valence-corrected chi connectivity index (χ2v) is 5.56. The zero-order valence-electron chi connectivity index (χ0n) is 13.7. The maximum atomic E-state index is 11.9. The summed E-state index contributed by atoms with van der Waals surface area (Å²) in [5, 5.41) is 15.8. The molecule has 2 aromatic rings. The van der Waals surface area contributed by atoms with E-state index < -0.39 is 11.4 Å². The summed E-state index contributed by atoms with van der Waals surface area (Å²) in [6.07, 6.45) is 2.83. The van der Waals surface area contributed by atoms with Gasteiger partial charge in [0.2, 0.25) is 17.6 Å². The molecule has 2 aromatic heterocycles. The standard InChI is InChI=1S/C16H21N3O5/c1-3-16(4-2,15(21)22)10-17-12(20)7-8-13-18-14(19-24-13)11-6-5-9-23-11/h5-6,9H,3-4,7-8,10H2,1-2H3,(H,17,20)(H,21,22). The van der Waals surface area contributed by atoms with Crippen molar-refractivity contribution in [2.45, 2.75) is 39.5 Å². The molecule has 0 atom stereocenters. The van der Waals surface area contributed by atoms with Crippen molar-refractivity contribution in [1.29, 1.82) is 0 Å². The van der Waals surface area contributed by atoms with E-state index >= 15 is 0 Å². The van der Waals surface area contributed by atoms with E-state index in [1.54, 1.807) is 26.0 Å². The minimum Gasteiger partial charge on any atom is -0.481 e. The van der Waals surface area contributed by atoms with Gasteiger partial charge in [-0.3, -0.25) is 9.59 Å². The van der Waals surface area contributed by atoms with E-state index in [0.29, 0.717) is 30.3 Å². The molecule has 0 saturated heterocycles. The monoisotopic (exact) mass is 335 g/mol. The van der Waals surface area contributed by atoms with E-state index in [-0.39, 0.29) is 25.3 Å². The molecule has 130 valence electrons. The molecule has 0 radical (unpaired) electrons. The third kappa shape index (κ3) is 4.01. The zero-order valence-corrected chi connectivity index (χ0v) is 13.7. The molecular formula is C16H21N3O5. The number of carbonyl (C=O) groups excluding carboxylic acids is 1. The molecule has 0 aliphatic carbocycles. The fourth-order valence-electron chi connectivity index (χ4n) is 2.32. The lowest BCUT2D eigenvalue weighted by Gasteiger charge is -2.26. The van der Waals surface area contributed by atoms with Gasteiger partial charge < -0.3 is 19.4 Å². The van der Waals surface area contributed by atoms with Gasteiger partial charge in [0.05, 0.1) is 11.7 Å². The van der Waals surface area contributed by atoms with Gasteiger partial charge in [-0.1, -0.05) is 19.0 Å². The normalized spacial score (nSPS) is 11.4. The molecule has 0 aliphatic rings. The SMILES string of the molecule is CCC(CC)(CNC(=O)CCc1nc(-c2ccco2)no1)C(=O)O. The van der Waals surface area contributed by atoms with Gasteiger partial charge in [-0.05, 0) is 25.0 Å². The molecule has 0 spiro atoms. The first-order valence-electron chi connectivity index (χ1n) is 7.87. The van der Waals surface area contributed by atoms with Crippen LogP contribution in [-0.4, -0.2) is 33.7 Å². The smallest absolute Gasteiger partial charge is 0.311 e. The first-order valence-corrected chi connectivity index (χ1v) is 7.87. The molecule has 2 rings (SSSR count). The van der Waals surface area contributed by atoms with Crippen LogP contribution in [0, 0.1) is 5.41 Å². The Morgan fingerprint density at radius 2 is 2.08 bits per heavy atom. The number of aryl methyl sites for hydroxylation is 1. The van der Waals surface area contributed by atoms with E-state index in [4.69, 9.17) is 8.94 Å². The van der Waals surface area contributed by atoms with Crippen molar-refractivity contribution in [3.8, 4) is 11.6 Å². The number of aromatic nitrogens is 2. The van der Waals surface area contributed by atoms with Gasteiger partial charge in [0.1, 0.15) is 0 Å². The van der Waals surface area contributed by atoms with Crippen molar-refractivity contribution in [2.24, 2.45) is 5.41 Å². The molecule has 24 heavy (non-hydrogen) atoms. The molecule has 0 fully saturated rings. The number of rotatable bonds is 9. The Kier molecular flexibility index (Phi) is 5.73. The van der Waals surface area contributed by atoms with Gasteiger partial charge in [0.15, 0.2) is 5.76 Å². The van der Waals surface area contributed by atoms with Crippen LogP contribution in [0.2, 0.25) is 0 Å². The van der Waals surface area contributed by atoms with Crippen molar-refractivity contribution < 1.29 is 23.6 Å². The highest BCUT2D eigenvalue weighted by Crippen LogP contribution is 2.25. The molecular weight excluding hydrogens is 314 g/mol. The Balaban J connectivity index is 1.84. The van der Waals surface area contributed by atoms with Crippen molar-refractivity contribution in [3.63, 3.8) is 0 Å². The van der Waals surface area contributed by atoms with Gasteiger partial charge in [0, 0.05) is 19.4 Å².